The molecule has 3 N–H and O–H groups in total. The van der Waals surface area contributed by atoms with Crippen molar-refractivity contribution < 1.29 is 9.84 Å². The zero-order valence-corrected chi connectivity index (χ0v) is 8.05. The van der Waals surface area contributed by atoms with Crippen molar-refractivity contribution in [2.45, 2.75) is 24.1 Å². The highest BCUT2D eigenvalue weighted by Crippen LogP contribution is 2.21. The van der Waals surface area contributed by atoms with Gasteiger partial charge >= 0.3 is 0 Å². The number of nitrogens with two attached hydrogens (primary N) is 1. The minimum absolute atomic E-state index is 0.0576. The first-order valence-corrected chi connectivity index (χ1v) is 5.43. The predicted octanol–water partition coefficient (Wildman–Crippen LogP) is 0.218. The van der Waals surface area contributed by atoms with Gasteiger partial charge in [-0.2, -0.15) is 11.8 Å². The van der Waals surface area contributed by atoms with Crippen LogP contribution in [0.5, 0.6) is 0 Å². The maximum atomic E-state index is 8.70. The molecule has 0 radical (unpaired) electrons. The van der Waals surface area contributed by atoms with Crippen molar-refractivity contribution in [3.63, 3.8) is 0 Å². The molecule has 1 heterocycles. The molecule has 0 spiro atoms. The molecule has 0 saturated carbocycles. The van der Waals surface area contributed by atoms with Crippen molar-refractivity contribution >= 4 is 11.8 Å². The molecule has 0 amide bonds. The van der Waals surface area contributed by atoms with Crippen LogP contribution in [0.25, 0.3) is 0 Å². The molecule has 0 aromatic rings. The van der Waals surface area contributed by atoms with E-state index >= 15 is 0 Å². The average molecular weight is 191 g/mol. The van der Waals surface area contributed by atoms with Gasteiger partial charge in [0.1, 0.15) is 0 Å². The summed E-state index contributed by atoms with van der Waals surface area (Å²) in [5.74, 6) is 0.862. The molecular formula is C8H17NO2S. The Balaban J connectivity index is 2.05. The normalized spacial score (nSPS) is 22.5. The highest BCUT2D eigenvalue weighted by Gasteiger charge is 2.14. The van der Waals surface area contributed by atoms with Crippen LogP contribution >= 0.6 is 11.8 Å². The molecule has 0 aliphatic carbocycles. The third-order valence-electron chi connectivity index (χ3n) is 1.95. The number of ether oxygens (including phenoxy) is 1. The summed E-state index contributed by atoms with van der Waals surface area (Å²) < 4.78 is 5.24. The molecule has 0 aromatic carbocycles. The van der Waals surface area contributed by atoms with Crippen molar-refractivity contribution in [3.8, 4) is 0 Å². The van der Waals surface area contributed by atoms with E-state index in [4.69, 9.17) is 15.6 Å². The fourth-order valence-corrected chi connectivity index (χ4v) is 2.31. The smallest absolute Gasteiger partial charge is 0.0590 e. The van der Waals surface area contributed by atoms with Crippen LogP contribution in [0.2, 0.25) is 0 Å². The minimum atomic E-state index is -0.0576. The SMILES string of the molecule is NC(CO)CSC1CCOCC1. The Hall–Kier alpha value is 0.230. The van der Waals surface area contributed by atoms with Crippen molar-refractivity contribution in [2.24, 2.45) is 5.73 Å². The van der Waals surface area contributed by atoms with E-state index < -0.39 is 0 Å². The number of hydrogen-bond acceptors (Lipinski definition) is 4. The summed E-state index contributed by atoms with van der Waals surface area (Å²) in [7, 11) is 0. The van der Waals surface area contributed by atoms with Gasteiger partial charge < -0.3 is 15.6 Å². The predicted molar refractivity (Wildman–Crippen MR) is 51.4 cm³/mol. The highest BCUT2D eigenvalue weighted by atomic mass is 32.2. The summed E-state index contributed by atoms with van der Waals surface area (Å²) >= 11 is 1.87. The number of aliphatic hydroxyl groups excluding tert-OH is 1. The number of rotatable bonds is 4. The summed E-state index contributed by atoms with van der Waals surface area (Å²) in [6.07, 6.45) is 2.26. The van der Waals surface area contributed by atoms with Crippen molar-refractivity contribution in [1.29, 1.82) is 0 Å². The van der Waals surface area contributed by atoms with E-state index in [1.165, 1.54) is 0 Å². The molecule has 1 fully saturated rings. The fraction of sp³-hybridized carbons (Fsp3) is 1.00. The third-order valence-corrected chi connectivity index (χ3v) is 3.51. The van der Waals surface area contributed by atoms with Gasteiger partial charge in [-0.3, -0.25) is 0 Å². The molecule has 1 rings (SSSR count). The Morgan fingerprint density at radius 3 is 2.75 bits per heavy atom. The lowest BCUT2D eigenvalue weighted by atomic mass is 10.2. The molecule has 3 nitrogen and oxygen atoms in total. The molecule has 12 heavy (non-hydrogen) atoms. The topological polar surface area (TPSA) is 55.5 Å². The van der Waals surface area contributed by atoms with Crippen LogP contribution in [0.1, 0.15) is 12.8 Å². The second kappa shape index (κ2) is 5.80. The largest absolute Gasteiger partial charge is 0.395 e. The molecule has 1 aliphatic heterocycles. The Kier molecular flexibility index (Phi) is 4.99. The van der Waals surface area contributed by atoms with Crippen LogP contribution in [0, 0.1) is 0 Å². The van der Waals surface area contributed by atoms with Gasteiger partial charge in [0.15, 0.2) is 0 Å². The Labute approximate surface area is 77.7 Å². The highest BCUT2D eigenvalue weighted by molar-refractivity contribution is 7.99. The molecule has 1 saturated heterocycles. The van der Waals surface area contributed by atoms with E-state index in [1.54, 1.807) is 0 Å². The Morgan fingerprint density at radius 1 is 1.50 bits per heavy atom. The van der Waals surface area contributed by atoms with Crippen LogP contribution in [0.3, 0.4) is 0 Å². The maximum absolute atomic E-state index is 8.70. The lowest BCUT2D eigenvalue weighted by Crippen LogP contribution is -2.29. The molecule has 72 valence electrons. The summed E-state index contributed by atoms with van der Waals surface area (Å²) in [5.41, 5.74) is 5.59. The van der Waals surface area contributed by atoms with Crippen LogP contribution < -0.4 is 5.73 Å². The zero-order valence-electron chi connectivity index (χ0n) is 7.24. The summed E-state index contributed by atoms with van der Waals surface area (Å²) in [6.45, 7) is 1.86. The Morgan fingerprint density at radius 2 is 2.17 bits per heavy atom. The van der Waals surface area contributed by atoms with Gasteiger partial charge in [-0.15, -0.1) is 0 Å². The van der Waals surface area contributed by atoms with E-state index in [-0.39, 0.29) is 12.6 Å². The molecule has 1 unspecified atom stereocenters. The van der Waals surface area contributed by atoms with E-state index in [2.05, 4.69) is 0 Å². The number of aliphatic hydroxyl groups is 1. The van der Waals surface area contributed by atoms with Gasteiger partial charge in [0, 0.05) is 30.3 Å². The number of hydrogen-bond donors (Lipinski definition) is 2. The van der Waals surface area contributed by atoms with Crippen molar-refractivity contribution in [1.82, 2.24) is 0 Å². The van der Waals surface area contributed by atoms with Crippen molar-refractivity contribution in [2.75, 3.05) is 25.6 Å². The summed E-state index contributed by atoms with van der Waals surface area (Å²) in [6, 6.07) is -0.0576. The second-order valence-electron chi connectivity index (χ2n) is 3.09. The van der Waals surface area contributed by atoms with E-state index in [0.717, 1.165) is 31.8 Å². The van der Waals surface area contributed by atoms with Gasteiger partial charge in [0.05, 0.1) is 6.61 Å². The number of thioether (sulfide) groups is 1. The first kappa shape index (κ1) is 10.3. The Bertz CT molecular complexity index is 118. The minimum Gasteiger partial charge on any atom is -0.395 e. The monoisotopic (exact) mass is 191 g/mol. The van der Waals surface area contributed by atoms with E-state index in [9.17, 15) is 0 Å². The zero-order chi connectivity index (χ0) is 8.81. The third kappa shape index (κ3) is 3.76. The van der Waals surface area contributed by atoms with Crippen LogP contribution in [-0.2, 0) is 4.74 Å². The maximum Gasteiger partial charge on any atom is 0.0590 e. The standard InChI is InChI=1S/C8H17NO2S/c9-7(5-10)6-12-8-1-3-11-4-2-8/h7-8,10H,1-6,9H2. The van der Waals surface area contributed by atoms with Crippen LogP contribution in [0.4, 0.5) is 0 Å². The first-order chi connectivity index (χ1) is 5.83. The van der Waals surface area contributed by atoms with Gasteiger partial charge in [-0.25, -0.2) is 0 Å². The van der Waals surface area contributed by atoms with Gasteiger partial charge in [0.25, 0.3) is 0 Å². The fourth-order valence-electron chi connectivity index (χ4n) is 1.16. The first-order valence-electron chi connectivity index (χ1n) is 4.38. The average Bonchev–Trinajstić information content (AvgIpc) is 2.16. The van der Waals surface area contributed by atoms with E-state index in [1.807, 2.05) is 11.8 Å². The van der Waals surface area contributed by atoms with Gasteiger partial charge in [0.2, 0.25) is 0 Å². The molecule has 4 heteroatoms. The van der Waals surface area contributed by atoms with Crippen molar-refractivity contribution in [3.05, 3.63) is 0 Å². The molecule has 1 aliphatic rings. The van der Waals surface area contributed by atoms with Gasteiger partial charge in [-0.05, 0) is 12.8 Å². The molecule has 0 bridgehead atoms. The molecule has 0 aromatic heterocycles. The molecular weight excluding hydrogens is 174 g/mol. The summed E-state index contributed by atoms with van der Waals surface area (Å²) in [4.78, 5) is 0. The van der Waals surface area contributed by atoms with E-state index in [0.29, 0.717) is 5.25 Å². The summed E-state index contributed by atoms with van der Waals surface area (Å²) in [5, 5.41) is 9.39. The lowest BCUT2D eigenvalue weighted by Gasteiger charge is -2.22. The van der Waals surface area contributed by atoms with Crippen LogP contribution in [-0.4, -0.2) is 42.0 Å². The lowest BCUT2D eigenvalue weighted by molar-refractivity contribution is 0.1000. The van der Waals surface area contributed by atoms with Gasteiger partial charge in [-0.1, -0.05) is 0 Å². The van der Waals surface area contributed by atoms with Crippen LogP contribution in [0.15, 0.2) is 0 Å². The molecule has 1 atom stereocenters. The quantitative estimate of drug-likeness (QED) is 0.667. The second-order valence-corrected chi connectivity index (χ2v) is 4.42.